The molecule has 0 amide bonds. The predicted octanol–water partition coefficient (Wildman–Crippen LogP) is 5.72. The van der Waals surface area contributed by atoms with Gasteiger partial charge in [-0.25, -0.2) is 4.39 Å². The van der Waals surface area contributed by atoms with Crippen molar-refractivity contribution in [3.05, 3.63) is 94.2 Å². The van der Waals surface area contributed by atoms with Gasteiger partial charge in [-0.3, -0.25) is 15.0 Å². The van der Waals surface area contributed by atoms with E-state index < -0.39 is 11.9 Å². The Labute approximate surface area is 259 Å². The van der Waals surface area contributed by atoms with Gasteiger partial charge in [0.25, 0.3) is 0 Å². The highest BCUT2D eigenvalue weighted by Crippen LogP contribution is 2.36. The van der Waals surface area contributed by atoms with Crippen LogP contribution in [0.25, 0.3) is 10.9 Å². The molecule has 2 heterocycles. The minimum absolute atomic E-state index is 0.0497. The molecule has 0 bridgehead atoms. The number of allylic oxidation sites excluding steroid dienone is 1. The molecule has 2 aromatic carbocycles. The van der Waals surface area contributed by atoms with Gasteiger partial charge in [0.05, 0.1) is 64.9 Å². The topological polar surface area (TPSA) is 119 Å². The number of pyridine rings is 1. The molecule has 1 aliphatic rings. The number of nitriles is 1. The lowest BCUT2D eigenvalue weighted by Crippen LogP contribution is -2.40. The van der Waals surface area contributed by atoms with Crippen LogP contribution in [0.3, 0.4) is 0 Å². The Balaban J connectivity index is 1.67. The van der Waals surface area contributed by atoms with E-state index >= 15 is 0 Å². The van der Waals surface area contributed by atoms with Crippen LogP contribution in [-0.2, 0) is 9.47 Å². The van der Waals surface area contributed by atoms with Gasteiger partial charge >= 0.3 is 0 Å². The van der Waals surface area contributed by atoms with Crippen LogP contribution in [0, 0.1) is 17.1 Å². The number of hydrogen-bond donors (Lipinski definition) is 4. The van der Waals surface area contributed by atoms with Crippen LogP contribution in [0.1, 0.15) is 5.56 Å². The highest BCUT2D eigenvalue weighted by molar-refractivity contribution is 6.36. The summed E-state index contributed by atoms with van der Waals surface area (Å²) in [5.74, 6) is -0.547. The lowest BCUT2D eigenvalue weighted by molar-refractivity contribution is 0.0574. The molecule has 0 saturated heterocycles. The average Bonchev–Trinajstić information content (AvgIpc) is 3.46. The van der Waals surface area contributed by atoms with Gasteiger partial charge in [0.2, 0.25) is 0 Å². The Morgan fingerprint density at radius 3 is 2.79 bits per heavy atom. The predicted molar refractivity (Wildman–Crippen MR) is 170 cm³/mol. The molecule has 10 nitrogen and oxygen atoms in total. The molecule has 0 unspecified atom stereocenters. The van der Waals surface area contributed by atoms with Crippen molar-refractivity contribution in [3.8, 4) is 6.07 Å². The van der Waals surface area contributed by atoms with Crippen molar-refractivity contribution in [1.82, 2.24) is 21.0 Å². The van der Waals surface area contributed by atoms with Gasteiger partial charge < -0.3 is 25.5 Å². The van der Waals surface area contributed by atoms with Crippen molar-refractivity contribution >= 4 is 57.4 Å². The molecule has 0 radical (unpaired) electrons. The van der Waals surface area contributed by atoms with Gasteiger partial charge in [0.1, 0.15) is 11.9 Å². The normalized spacial score (nSPS) is 13.8. The van der Waals surface area contributed by atoms with Gasteiger partial charge in [0.15, 0.2) is 0 Å². The molecule has 3 aromatic rings. The number of benzene rings is 2. The maximum absolute atomic E-state index is 13.8. The smallest absolute Gasteiger partial charge is 0.141 e. The number of methoxy groups -OCH3 is 1. The lowest BCUT2D eigenvalue weighted by Gasteiger charge is -2.22. The number of aliphatic imine (C=N–C) groups is 1. The number of rotatable bonds is 14. The first kappa shape index (κ1) is 31.7. The summed E-state index contributed by atoms with van der Waals surface area (Å²) in [5, 5.41) is 19.3. The number of anilines is 3. The summed E-state index contributed by atoms with van der Waals surface area (Å²) in [4.78, 5) is 8.41. The fraction of sp³-hybridized carbons (Fsp3) is 0.233. The first-order valence-corrected chi connectivity index (χ1v) is 14.0. The Morgan fingerprint density at radius 1 is 1.23 bits per heavy atom. The van der Waals surface area contributed by atoms with Crippen LogP contribution in [-0.4, -0.2) is 62.8 Å². The van der Waals surface area contributed by atoms with Crippen LogP contribution in [0.4, 0.5) is 21.5 Å². The third-order valence-electron chi connectivity index (χ3n) is 6.32. The summed E-state index contributed by atoms with van der Waals surface area (Å²) >= 11 is 12.7. The average molecular weight is 626 g/mol. The Kier molecular flexibility index (Phi) is 11.3. The van der Waals surface area contributed by atoms with E-state index in [1.54, 1.807) is 32.5 Å². The zero-order chi connectivity index (χ0) is 30.8. The second kappa shape index (κ2) is 15.3. The van der Waals surface area contributed by atoms with E-state index in [9.17, 15) is 9.65 Å². The van der Waals surface area contributed by atoms with E-state index in [2.05, 4.69) is 44.2 Å². The highest BCUT2D eigenvalue weighted by atomic mass is 35.5. The van der Waals surface area contributed by atoms with Gasteiger partial charge in [-0.05, 0) is 42.0 Å². The summed E-state index contributed by atoms with van der Waals surface area (Å²) in [7, 11) is 3.32. The zero-order valence-electron chi connectivity index (χ0n) is 23.6. The summed E-state index contributed by atoms with van der Waals surface area (Å²) < 4.78 is 24.4. The molecule has 4 rings (SSSR count). The van der Waals surface area contributed by atoms with Crippen LogP contribution < -0.4 is 21.6 Å². The summed E-state index contributed by atoms with van der Waals surface area (Å²) in [6.45, 7) is 6.39. The first-order chi connectivity index (χ1) is 20.8. The van der Waals surface area contributed by atoms with Crippen molar-refractivity contribution in [2.75, 3.05) is 51.2 Å². The van der Waals surface area contributed by atoms with Crippen LogP contribution in [0.15, 0.2) is 77.7 Å². The molecule has 43 heavy (non-hydrogen) atoms. The summed E-state index contributed by atoms with van der Waals surface area (Å²) in [6, 6.07) is 9.56. The van der Waals surface area contributed by atoms with E-state index in [1.165, 1.54) is 24.4 Å². The molecule has 224 valence electrons. The number of aromatic nitrogens is 1. The SMILES string of the molecule is C=C(/C=C\C=NC)[C@H](Nc1cc(Cl)c2ncc(C#N)c(Nc3ccc(F)c(Cl)c3)c2c1)C1=CN(CCOCCOC)NN1. The molecule has 0 fully saturated rings. The Hall–Kier alpha value is -4.18. The maximum Gasteiger partial charge on any atom is 0.141 e. The van der Waals surface area contributed by atoms with Crippen molar-refractivity contribution in [2.45, 2.75) is 6.04 Å². The van der Waals surface area contributed by atoms with Gasteiger partial charge in [0, 0.05) is 49.5 Å². The molecule has 0 saturated carbocycles. The highest BCUT2D eigenvalue weighted by Gasteiger charge is 2.23. The fourth-order valence-electron chi connectivity index (χ4n) is 4.21. The number of nitrogens with zero attached hydrogens (tertiary/aromatic N) is 4. The zero-order valence-corrected chi connectivity index (χ0v) is 25.1. The van der Waals surface area contributed by atoms with E-state index in [4.69, 9.17) is 32.7 Å². The largest absolute Gasteiger partial charge is 0.382 e. The fourth-order valence-corrected chi connectivity index (χ4v) is 4.66. The molecular weight excluding hydrogens is 594 g/mol. The van der Waals surface area contributed by atoms with Gasteiger partial charge in [-0.1, -0.05) is 35.9 Å². The molecule has 0 spiro atoms. The third-order valence-corrected chi connectivity index (χ3v) is 6.90. The second-order valence-electron chi connectivity index (χ2n) is 9.31. The van der Waals surface area contributed by atoms with Gasteiger partial charge in [-0.15, -0.1) is 5.53 Å². The van der Waals surface area contributed by atoms with Crippen molar-refractivity contribution < 1.29 is 13.9 Å². The van der Waals surface area contributed by atoms with E-state index in [0.717, 1.165) is 11.3 Å². The number of hydrazine groups is 2. The number of fused-ring (bicyclic) bond motifs is 1. The standard InChI is InChI=1S/C30H31Cl2FN8O2/c1-19(5-4-8-35-2)28(27-18-41(40-39-27)9-10-43-12-11-42-3)38-22-13-23-29(37-21-6-7-26(33)24(31)14-21)20(16-34)17-36-30(23)25(32)15-22/h4-8,13-15,17-18,28,38-40H,1,9-12H2,2-3H3,(H,36,37)/b5-4-,35-8?/t28-/m0/s1. The maximum atomic E-state index is 13.8. The van der Waals surface area contributed by atoms with Crippen molar-refractivity contribution in [1.29, 1.82) is 5.26 Å². The summed E-state index contributed by atoms with van der Waals surface area (Å²) in [6.07, 6.45) is 8.68. The third kappa shape index (κ3) is 8.22. The quantitative estimate of drug-likeness (QED) is 0.101. The molecule has 13 heteroatoms. The van der Waals surface area contributed by atoms with Crippen LogP contribution >= 0.6 is 23.2 Å². The van der Waals surface area contributed by atoms with E-state index in [-0.39, 0.29) is 10.6 Å². The van der Waals surface area contributed by atoms with Crippen LogP contribution in [0.5, 0.6) is 0 Å². The number of halogens is 3. The minimum Gasteiger partial charge on any atom is -0.382 e. The van der Waals surface area contributed by atoms with Crippen LogP contribution in [0.2, 0.25) is 10.0 Å². The summed E-state index contributed by atoms with van der Waals surface area (Å²) in [5.41, 5.74) is 10.2. The second-order valence-corrected chi connectivity index (χ2v) is 10.1. The monoisotopic (exact) mass is 624 g/mol. The van der Waals surface area contributed by atoms with Gasteiger partial charge in [-0.2, -0.15) is 5.26 Å². The molecule has 1 aromatic heterocycles. The first-order valence-electron chi connectivity index (χ1n) is 13.2. The lowest BCUT2D eigenvalue weighted by atomic mass is 10.0. The number of ether oxygens (including phenoxy) is 2. The number of nitrogens with one attached hydrogen (secondary N) is 4. The number of hydrogen-bond acceptors (Lipinski definition) is 10. The van der Waals surface area contributed by atoms with Crippen molar-refractivity contribution in [2.24, 2.45) is 4.99 Å². The molecule has 0 aliphatic carbocycles. The minimum atomic E-state index is -0.547. The molecule has 1 atom stereocenters. The van der Waals surface area contributed by atoms with Crippen molar-refractivity contribution in [3.63, 3.8) is 0 Å². The van der Waals surface area contributed by atoms with E-state index in [1.807, 2.05) is 23.4 Å². The molecule has 1 aliphatic heterocycles. The molecular formula is C30H31Cl2FN8O2. The Bertz CT molecular complexity index is 1610. The Morgan fingerprint density at radius 2 is 2.05 bits per heavy atom. The molecule has 4 N–H and O–H groups in total. The van der Waals surface area contributed by atoms with E-state index in [0.29, 0.717) is 59.4 Å².